The molecule has 2 aromatic carbocycles. The van der Waals surface area contributed by atoms with Crippen LogP contribution in [0.5, 0.6) is 0 Å². The van der Waals surface area contributed by atoms with Crippen molar-refractivity contribution in [3.63, 3.8) is 0 Å². The Hall–Kier alpha value is -1.80. The van der Waals surface area contributed by atoms with Crippen LogP contribution in [0.15, 0.2) is 64.0 Å². The number of halogens is 11. The van der Waals surface area contributed by atoms with Crippen molar-refractivity contribution in [2.45, 2.75) is 28.1 Å². The van der Waals surface area contributed by atoms with Crippen molar-refractivity contribution in [3.05, 3.63) is 86.8 Å². The molecule has 35 heavy (non-hydrogen) atoms. The molecule has 0 radical (unpaired) electrons. The molecule has 2 aromatic rings. The van der Waals surface area contributed by atoms with E-state index in [-0.39, 0.29) is 4.48 Å². The highest BCUT2D eigenvalue weighted by atomic mass is 79.9. The first-order valence-corrected chi connectivity index (χ1v) is 12.3. The van der Waals surface area contributed by atoms with Gasteiger partial charge in [-0.3, -0.25) is 0 Å². The van der Waals surface area contributed by atoms with Crippen molar-refractivity contribution in [3.8, 4) is 0 Å². The third-order valence-corrected chi connectivity index (χ3v) is 8.58. The molecule has 14 heteroatoms. The summed E-state index contributed by atoms with van der Waals surface area (Å²) in [4.78, 5) is -1.75. The van der Waals surface area contributed by atoms with E-state index in [0.717, 1.165) is 36.4 Å². The second-order valence-corrected chi connectivity index (χ2v) is 11.7. The normalized spacial score (nSPS) is 20.1. The molecule has 1 atom stereocenters. The highest BCUT2D eigenvalue weighted by molar-refractivity contribution is 9.12. The minimum atomic E-state index is -7.02. The molecule has 1 unspecified atom stereocenters. The van der Waals surface area contributed by atoms with Crippen molar-refractivity contribution in [1.82, 2.24) is 0 Å². The van der Waals surface area contributed by atoms with E-state index in [4.69, 9.17) is 0 Å². The third-order valence-electron chi connectivity index (χ3n) is 5.14. The highest BCUT2D eigenvalue weighted by Gasteiger charge is 2.79. The molecule has 0 N–H and O–H groups in total. The smallest absolute Gasteiger partial charge is 0.217 e. The van der Waals surface area contributed by atoms with E-state index in [1.165, 1.54) is 12.1 Å². The first-order chi connectivity index (χ1) is 15.9. The molecular formula is C21H11Br2F9O2S. The molecular weight excluding hydrogens is 647 g/mol. The summed E-state index contributed by atoms with van der Waals surface area (Å²) in [6, 6.07) is 8.43. The van der Waals surface area contributed by atoms with Gasteiger partial charge in [-0.2, -0.15) is 30.7 Å². The maximum atomic E-state index is 14.8. The fourth-order valence-corrected chi connectivity index (χ4v) is 7.43. The van der Waals surface area contributed by atoms with Gasteiger partial charge < -0.3 is 0 Å². The number of sulfone groups is 1. The van der Waals surface area contributed by atoms with E-state index in [2.05, 4.69) is 31.9 Å². The predicted octanol–water partition coefficient (Wildman–Crippen LogP) is 7.85. The lowest BCUT2D eigenvalue weighted by molar-refractivity contribution is -0.331. The van der Waals surface area contributed by atoms with E-state index in [1.807, 2.05) is 0 Å². The van der Waals surface area contributed by atoms with Gasteiger partial charge in [-0.1, -0.05) is 68.3 Å². The lowest BCUT2D eigenvalue weighted by Gasteiger charge is -2.37. The Bertz CT molecular complexity index is 1330. The SMILES string of the molecule is O=S(=O)(C1=C(c2ccccc2F)C(Br)(c2ccccc2F)CC(Br)=C1)C(F)(F)C(F)(F)C(F)(F)F. The van der Waals surface area contributed by atoms with Crippen LogP contribution in [0.4, 0.5) is 39.5 Å². The van der Waals surface area contributed by atoms with Crippen LogP contribution < -0.4 is 0 Å². The van der Waals surface area contributed by atoms with Gasteiger partial charge >= 0.3 is 17.4 Å². The van der Waals surface area contributed by atoms with Crippen molar-refractivity contribution >= 4 is 47.3 Å². The first kappa shape index (κ1) is 27.8. The van der Waals surface area contributed by atoms with Gasteiger partial charge in [0.05, 0.1) is 9.23 Å². The Morgan fingerprint density at radius 2 is 1.34 bits per heavy atom. The van der Waals surface area contributed by atoms with Crippen LogP contribution in [0.2, 0.25) is 0 Å². The Kier molecular flexibility index (Phi) is 7.10. The van der Waals surface area contributed by atoms with Crippen molar-refractivity contribution in [2.75, 3.05) is 0 Å². The number of rotatable bonds is 5. The Labute approximate surface area is 209 Å². The second kappa shape index (κ2) is 8.94. The standard InChI is InChI=1S/C21H11Br2F9O2S/c22-11-9-16(35(33,34)21(31,32)19(26,27)20(28,29)30)17(12-5-1-3-7-14(12)24)18(23,10-11)13-6-2-4-8-15(13)25/h1-9H,10H2. The predicted molar refractivity (Wildman–Crippen MR) is 117 cm³/mol. The van der Waals surface area contributed by atoms with Crippen LogP contribution >= 0.6 is 31.9 Å². The van der Waals surface area contributed by atoms with Crippen molar-refractivity contribution in [2.24, 2.45) is 0 Å². The lowest BCUT2D eigenvalue weighted by atomic mass is 9.81. The molecule has 0 fully saturated rings. The molecule has 0 bridgehead atoms. The molecule has 1 aliphatic rings. The lowest BCUT2D eigenvalue weighted by Crippen LogP contribution is -2.56. The van der Waals surface area contributed by atoms with E-state index >= 15 is 0 Å². The van der Waals surface area contributed by atoms with Gasteiger partial charge in [0, 0.05) is 23.1 Å². The minimum absolute atomic E-state index is 0.289. The highest BCUT2D eigenvalue weighted by Crippen LogP contribution is 2.58. The molecule has 0 heterocycles. The van der Waals surface area contributed by atoms with E-state index in [9.17, 15) is 47.9 Å². The quantitative estimate of drug-likeness (QED) is 0.242. The Morgan fingerprint density at radius 3 is 1.86 bits per heavy atom. The summed E-state index contributed by atoms with van der Waals surface area (Å²) in [7, 11) is -6.89. The van der Waals surface area contributed by atoms with Crippen molar-refractivity contribution < 1.29 is 47.9 Å². The van der Waals surface area contributed by atoms with Gasteiger partial charge in [0.1, 0.15) is 11.6 Å². The summed E-state index contributed by atoms with van der Waals surface area (Å²) in [5.74, 6) is -9.27. The van der Waals surface area contributed by atoms with Crippen LogP contribution in [-0.4, -0.2) is 25.8 Å². The van der Waals surface area contributed by atoms with Gasteiger partial charge in [-0.25, -0.2) is 17.2 Å². The molecule has 2 nitrogen and oxygen atoms in total. The largest absolute Gasteiger partial charge is 0.461 e. The number of alkyl halides is 8. The fourth-order valence-electron chi connectivity index (χ4n) is 3.49. The van der Waals surface area contributed by atoms with Crippen LogP contribution in [0.25, 0.3) is 5.57 Å². The van der Waals surface area contributed by atoms with Crippen LogP contribution in [0.1, 0.15) is 17.5 Å². The summed E-state index contributed by atoms with van der Waals surface area (Å²) >= 11 is 5.92. The summed E-state index contributed by atoms with van der Waals surface area (Å²) in [6.07, 6.45) is -7.02. The van der Waals surface area contributed by atoms with E-state index in [0.29, 0.717) is 6.08 Å². The zero-order chi connectivity index (χ0) is 26.6. The molecule has 0 saturated carbocycles. The van der Waals surface area contributed by atoms with Gasteiger partial charge in [0.2, 0.25) is 0 Å². The average molecular weight is 658 g/mol. The number of benzene rings is 2. The monoisotopic (exact) mass is 656 g/mol. The molecule has 0 aliphatic heterocycles. The van der Waals surface area contributed by atoms with Crippen LogP contribution in [-0.2, 0) is 14.2 Å². The zero-order valence-electron chi connectivity index (χ0n) is 16.8. The van der Waals surface area contributed by atoms with Crippen molar-refractivity contribution in [1.29, 1.82) is 0 Å². The molecule has 3 rings (SSSR count). The number of hydrogen-bond acceptors (Lipinski definition) is 2. The maximum absolute atomic E-state index is 14.8. The Balaban J connectivity index is 2.51. The Morgan fingerprint density at radius 1 is 0.829 bits per heavy atom. The summed E-state index contributed by atoms with van der Waals surface area (Å²) in [6.45, 7) is 0. The summed E-state index contributed by atoms with van der Waals surface area (Å²) < 4.78 is 148. The summed E-state index contributed by atoms with van der Waals surface area (Å²) in [5, 5.41) is -6.71. The summed E-state index contributed by atoms with van der Waals surface area (Å²) in [5.41, 5.74) is -2.14. The van der Waals surface area contributed by atoms with Gasteiger partial charge in [-0.15, -0.1) is 0 Å². The van der Waals surface area contributed by atoms with Gasteiger partial charge in [-0.05, 0) is 22.7 Å². The third kappa shape index (κ3) is 4.35. The second-order valence-electron chi connectivity index (χ2n) is 7.36. The minimum Gasteiger partial charge on any atom is -0.217 e. The van der Waals surface area contributed by atoms with Gasteiger partial charge in [0.25, 0.3) is 9.84 Å². The number of hydrogen-bond donors (Lipinski definition) is 0. The molecule has 0 spiro atoms. The molecule has 0 amide bonds. The average Bonchev–Trinajstić information content (AvgIpc) is 2.73. The maximum Gasteiger partial charge on any atom is 0.461 e. The first-order valence-electron chi connectivity index (χ1n) is 9.26. The van der Waals surface area contributed by atoms with Gasteiger partial charge in [0.15, 0.2) is 0 Å². The van der Waals surface area contributed by atoms with Crippen LogP contribution in [0.3, 0.4) is 0 Å². The number of allylic oxidation sites excluding steroid dienone is 3. The molecule has 0 aromatic heterocycles. The fraction of sp³-hybridized carbons (Fsp3) is 0.238. The molecule has 1 aliphatic carbocycles. The topological polar surface area (TPSA) is 34.1 Å². The molecule has 0 saturated heterocycles. The van der Waals surface area contributed by atoms with E-state index < -0.39 is 71.2 Å². The zero-order valence-corrected chi connectivity index (χ0v) is 20.8. The molecule has 190 valence electrons. The van der Waals surface area contributed by atoms with Crippen LogP contribution in [0, 0.1) is 11.6 Å². The van der Waals surface area contributed by atoms with E-state index in [1.54, 1.807) is 0 Å².